The number of hydrogen-bond acceptors (Lipinski definition) is 8. The number of pyridine rings is 1. The third-order valence-electron chi connectivity index (χ3n) is 5.00. The average molecular weight is 521 g/mol. The molecule has 1 rings (SSSR count). The molecule has 0 unspecified atom stereocenters. The van der Waals surface area contributed by atoms with Gasteiger partial charge in [-0.05, 0) is 43.7 Å². The second kappa shape index (κ2) is 15.7. The Balaban J connectivity index is 3.01. The molecule has 1 heterocycles. The van der Waals surface area contributed by atoms with Gasteiger partial charge in [0.1, 0.15) is 23.5 Å². The fourth-order valence-corrected chi connectivity index (χ4v) is 3.58. The van der Waals surface area contributed by atoms with Gasteiger partial charge >= 0.3 is 11.9 Å². The molecule has 36 heavy (non-hydrogen) atoms. The number of nitrogens with two attached hydrogens (primary N) is 1. The number of hydrogen-bond donors (Lipinski definition) is 4. The molecule has 0 aliphatic rings. The molecule has 198 valence electrons. The van der Waals surface area contributed by atoms with E-state index in [0.717, 1.165) is 6.42 Å². The molecular formula is C25H36N4O6S. The molecule has 0 spiro atoms. The predicted molar refractivity (Wildman–Crippen MR) is 138 cm³/mol. The number of aromatic nitrogens is 1. The molecule has 0 aromatic carbocycles. The van der Waals surface area contributed by atoms with Crippen LogP contribution in [0.5, 0.6) is 0 Å². The summed E-state index contributed by atoms with van der Waals surface area (Å²) in [6.45, 7) is 7.12. The Bertz CT molecular complexity index is 993. The lowest BCUT2D eigenvalue weighted by atomic mass is 10.0. The van der Waals surface area contributed by atoms with Gasteiger partial charge in [-0.15, -0.1) is 11.8 Å². The lowest BCUT2D eigenvalue weighted by Gasteiger charge is -2.23. The quantitative estimate of drug-likeness (QED) is 0.125. The number of rotatable bonds is 14. The molecule has 1 aromatic heterocycles. The van der Waals surface area contributed by atoms with Crippen molar-refractivity contribution in [2.75, 3.05) is 6.26 Å². The largest absolute Gasteiger partial charge is 0.481 e. The molecule has 1 aromatic rings. The number of nitrogens with zero attached hydrogens (tertiary/aromatic N) is 1. The maximum absolute atomic E-state index is 13.0. The van der Waals surface area contributed by atoms with E-state index in [-0.39, 0.29) is 23.9 Å². The molecule has 0 aliphatic carbocycles. The van der Waals surface area contributed by atoms with Crippen LogP contribution in [0.2, 0.25) is 0 Å². The Morgan fingerprint density at radius 1 is 1.25 bits per heavy atom. The van der Waals surface area contributed by atoms with Gasteiger partial charge in [0.05, 0.1) is 12.1 Å². The number of amides is 2. The Morgan fingerprint density at radius 2 is 1.94 bits per heavy atom. The van der Waals surface area contributed by atoms with Crippen molar-refractivity contribution in [3.8, 4) is 0 Å². The number of aliphatic carboxylic acids is 1. The number of carboxylic acids is 1. The highest BCUT2D eigenvalue weighted by molar-refractivity contribution is 7.98. The van der Waals surface area contributed by atoms with Crippen LogP contribution in [0.1, 0.15) is 63.1 Å². The summed E-state index contributed by atoms with van der Waals surface area (Å²) in [5.74, 6) is -3.54. The van der Waals surface area contributed by atoms with Gasteiger partial charge in [-0.25, -0.2) is 9.78 Å². The standard InChI is InChI=1S/C25H36N4O6S/c1-6-8-9-10-17(13-20(30)31)35-25(34)21(15(3)4)29-23(32)18(7-2)28-24(33)22-19(36-5)12-11-16(14-26)27-22/h7,9-12,15,17,21H,6,8,13-14,26H2,1-5H3,(H,28,33)(H,29,32)(H,30,31)/b10-9+,18-7-/t17-,21+/m1/s1. The van der Waals surface area contributed by atoms with Crippen molar-refractivity contribution in [2.24, 2.45) is 11.7 Å². The predicted octanol–water partition coefficient (Wildman–Crippen LogP) is 2.78. The normalized spacial score (nSPS) is 13.4. The number of allylic oxidation sites excluding steroid dienone is 2. The van der Waals surface area contributed by atoms with Crippen LogP contribution in [0.25, 0.3) is 0 Å². The van der Waals surface area contributed by atoms with E-state index in [1.54, 1.807) is 45.2 Å². The maximum atomic E-state index is 13.0. The van der Waals surface area contributed by atoms with Gasteiger partial charge in [-0.2, -0.15) is 0 Å². The SMILES string of the molecule is C/C=C(\NC(=O)c1nc(CN)ccc1SC)C(=O)N[C@H](C(=O)O[C@H](/C=C/CCC)CC(=O)O)C(C)C. The fraction of sp³-hybridized carbons (Fsp3) is 0.480. The maximum Gasteiger partial charge on any atom is 0.329 e. The molecular weight excluding hydrogens is 484 g/mol. The summed E-state index contributed by atoms with van der Waals surface area (Å²) in [7, 11) is 0. The number of nitrogens with one attached hydrogen (secondary N) is 2. The molecule has 5 N–H and O–H groups in total. The summed E-state index contributed by atoms with van der Waals surface area (Å²) in [6, 6.07) is 2.39. The minimum atomic E-state index is -1.12. The molecule has 2 amide bonds. The van der Waals surface area contributed by atoms with Crippen molar-refractivity contribution in [3.63, 3.8) is 0 Å². The van der Waals surface area contributed by atoms with E-state index in [2.05, 4.69) is 15.6 Å². The van der Waals surface area contributed by atoms with Crippen molar-refractivity contribution >= 4 is 35.5 Å². The van der Waals surface area contributed by atoms with E-state index in [4.69, 9.17) is 15.6 Å². The fourth-order valence-electron chi connectivity index (χ4n) is 3.04. The highest BCUT2D eigenvalue weighted by atomic mass is 32.2. The molecule has 0 saturated carbocycles. The zero-order valence-corrected chi connectivity index (χ0v) is 22.2. The number of thioether (sulfide) groups is 1. The van der Waals surface area contributed by atoms with E-state index in [9.17, 15) is 19.2 Å². The Morgan fingerprint density at radius 3 is 2.47 bits per heavy atom. The lowest BCUT2D eigenvalue weighted by molar-refractivity contribution is -0.154. The second-order valence-electron chi connectivity index (χ2n) is 8.20. The third kappa shape index (κ3) is 9.82. The molecule has 10 nitrogen and oxygen atoms in total. The molecule has 0 aliphatic heterocycles. The zero-order valence-electron chi connectivity index (χ0n) is 21.4. The number of ether oxygens (including phenoxy) is 1. The van der Waals surface area contributed by atoms with Crippen molar-refractivity contribution in [1.82, 2.24) is 15.6 Å². The van der Waals surface area contributed by atoms with Crippen LogP contribution in [-0.4, -0.2) is 52.2 Å². The molecule has 0 radical (unpaired) electrons. The van der Waals surface area contributed by atoms with Gasteiger partial charge in [-0.1, -0.05) is 39.3 Å². The Kier molecular flexibility index (Phi) is 13.5. The summed E-state index contributed by atoms with van der Waals surface area (Å²) < 4.78 is 5.40. The van der Waals surface area contributed by atoms with Gasteiger partial charge in [0.15, 0.2) is 0 Å². The number of carbonyl (C=O) groups excluding carboxylic acids is 3. The van der Waals surface area contributed by atoms with Crippen LogP contribution in [0.3, 0.4) is 0 Å². The van der Waals surface area contributed by atoms with Crippen molar-refractivity contribution in [2.45, 2.75) is 70.5 Å². The van der Waals surface area contributed by atoms with Crippen LogP contribution in [0.4, 0.5) is 0 Å². The van der Waals surface area contributed by atoms with E-state index in [1.807, 2.05) is 6.92 Å². The molecule has 0 bridgehead atoms. The van der Waals surface area contributed by atoms with Crippen LogP contribution in [-0.2, 0) is 25.7 Å². The van der Waals surface area contributed by atoms with Crippen LogP contribution in [0.15, 0.2) is 41.0 Å². The summed E-state index contributed by atoms with van der Waals surface area (Å²) in [4.78, 5) is 54.8. The van der Waals surface area contributed by atoms with Crippen LogP contribution in [0, 0.1) is 5.92 Å². The average Bonchev–Trinajstić information content (AvgIpc) is 2.84. The monoisotopic (exact) mass is 520 g/mol. The van der Waals surface area contributed by atoms with Gasteiger partial charge < -0.3 is 26.2 Å². The molecule has 2 atom stereocenters. The molecule has 0 saturated heterocycles. The summed E-state index contributed by atoms with van der Waals surface area (Å²) in [5.41, 5.74) is 6.22. The highest BCUT2D eigenvalue weighted by Gasteiger charge is 2.29. The van der Waals surface area contributed by atoms with Gasteiger partial charge in [-0.3, -0.25) is 14.4 Å². The first-order chi connectivity index (χ1) is 17.1. The molecule has 0 fully saturated rings. The second-order valence-corrected chi connectivity index (χ2v) is 9.05. The highest BCUT2D eigenvalue weighted by Crippen LogP contribution is 2.19. The van der Waals surface area contributed by atoms with Crippen LogP contribution >= 0.6 is 11.8 Å². The summed E-state index contributed by atoms with van der Waals surface area (Å²) in [6.07, 6.45) is 6.71. The molecule has 11 heteroatoms. The lowest BCUT2D eigenvalue weighted by Crippen LogP contribution is -2.48. The third-order valence-corrected chi connectivity index (χ3v) is 5.77. The number of carboxylic acid groups (broad SMARTS) is 1. The number of carbonyl (C=O) groups is 4. The van der Waals surface area contributed by atoms with E-state index in [1.165, 1.54) is 23.9 Å². The van der Waals surface area contributed by atoms with E-state index in [0.29, 0.717) is 17.0 Å². The number of esters is 1. The minimum Gasteiger partial charge on any atom is -0.481 e. The Hall–Kier alpha value is -3.18. The topological polar surface area (TPSA) is 161 Å². The van der Waals surface area contributed by atoms with Crippen molar-refractivity contribution < 1.29 is 29.0 Å². The number of unbranched alkanes of at least 4 members (excludes halogenated alkanes) is 1. The summed E-state index contributed by atoms with van der Waals surface area (Å²) in [5, 5.41) is 14.3. The van der Waals surface area contributed by atoms with Gasteiger partial charge in [0, 0.05) is 11.4 Å². The Labute approximate surface area is 216 Å². The smallest absolute Gasteiger partial charge is 0.329 e. The van der Waals surface area contributed by atoms with E-state index >= 15 is 0 Å². The van der Waals surface area contributed by atoms with Crippen LogP contribution < -0.4 is 16.4 Å². The summed E-state index contributed by atoms with van der Waals surface area (Å²) >= 11 is 1.33. The van der Waals surface area contributed by atoms with Gasteiger partial charge in [0.25, 0.3) is 11.8 Å². The first kappa shape index (κ1) is 30.9. The van der Waals surface area contributed by atoms with Gasteiger partial charge in [0.2, 0.25) is 0 Å². The first-order valence-corrected chi connectivity index (χ1v) is 12.9. The van der Waals surface area contributed by atoms with Crippen molar-refractivity contribution in [1.29, 1.82) is 0 Å². The minimum absolute atomic E-state index is 0.0737. The van der Waals surface area contributed by atoms with Crippen molar-refractivity contribution in [3.05, 3.63) is 47.4 Å². The van der Waals surface area contributed by atoms with E-state index < -0.39 is 42.3 Å². The zero-order chi connectivity index (χ0) is 27.3. The first-order valence-electron chi connectivity index (χ1n) is 11.7.